The van der Waals surface area contributed by atoms with Gasteiger partial charge >= 0.3 is 0 Å². The summed E-state index contributed by atoms with van der Waals surface area (Å²) >= 11 is 1.20. The summed E-state index contributed by atoms with van der Waals surface area (Å²) in [5.74, 6) is -0.367. The maximum atomic E-state index is 12.5. The number of rotatable bonds is 7. The normalized spacial score (nSPS) is 14.4. The highest BCUT2D eigenvalue weighted by Gasteiger charge is 2.15. The van der Waals surface area contributed by atoms with E-state index in [0.29, 0.717) is 22.0 Å². The van der Waals surface area contributed by atoms with Crippen LogP contribution in [-0.2, 0) is 0 Å². The first-order valence-corrected chi connectivity index (χ1v) is 10.9. The lowest BCUT2D eigenvalue weighted by molar-refractivity contribution is 0.0950. The number of hydrogen-bond acceptors (Lipinski definition) is 6. The van der Waals surface area contributed by atoms with Crippen molar-refractivity contribution < 1.29 is 9.59 Å². The molecule has 30 heavy (non-hydrogen) atoms. The third kappa shape index (κ3) is 5.11. The third-order valence-electron chi connectivity index (χ3n) is 5.02. The van der Waals surface area contributed by atoms with Gasteiger partial charge in [0.25, 0.3) is 11.8 Å². The van der Waals surface area contributed by atoms with E-state index >= 15 is 0 Å². The van der Waals surface area contributed by atoms with Crippen molar-refractivity contribution in [3.05, 3.63) is 58.8 Å². The Kier molecular flexibility index (Phi) is 6.50. The summed E-state index contributed by atoms with van der Waals surface area (Å²) in [6.07, 6.45) is 6.85. The molecule has 0 bridgehead atoms. The van der Waals surface area contributed by atoms with Gasteiger partial charge in [0, 0.05) is 18.8 Å². The number of anilines is 1. The van der Waals surface area contributed by atoms with E-state index in [1.807, 2.05) is 12.1 Å². The van der Waals surface area contributed by atoms with Crippen molar-refractivity contribution in [3.63, 3.8) is 0 Å². The number of benzene rings is 1. The molecule has 1 fully saturated rings. The van der Waals surface area contributed by atoms with Gasteiger partial charge in [-0.3, -0.25) is 9.59 Å². The Morgan fingerprint density at radius 2 is 1.70 bits per heavy atom. The highest BCUT2D eigenvalue weighted by molar-refractivity contribution is 7.16. The van der Waals surface area contributed by atoms with Crippen molar-refractivity contribution in [1.82, 2.24) is 25.0 Å². The van der Waals surface area contributed by atoms with Crippen molar-refractivity contribution in [1.29, 1.82) is 0 Å². The monoisotopic (exact) mass is 424 g/mol. The third-order valence-corrected chi connectivity index (χ3v) is 6.11. The fourth-order valence-corrected chi connectivity index (χ4v) is 4.23. The Bertz CT molecular complexity index is 977. The van der Waals surface area contributed by atoms with Crippen LogP contribution < -0.4 is 10.6 Å². The summed E-state index contributed by atoms with van der Waals surface area (Å²) in [6.45, 7) is 3.71. The first-order chi connectivity index (χ1) is 14.7. The van der Waals surface area contributed by atoms with Crippen molar-refractivity contribution in [2.24, 2.45) is 0 Å². The van der Waals surface area contributed by atoms with Gasteiger partial charge < -0.3 is 15.5 Å². The number of carbonyl (C=O) groups is 2. The zero-order chi connectivity index (χ0) is 20.8. The minimum Gasteiger partial charge on any atom is -0.350 e. The minimum atomic E-state index is -0.235. The number of piperidine rings is 1. The summed E-state index contributed by atoms with van der Waals surface area (Å²) in [7, 11) is 0. The molecule has 0 atom stereocenters. The molecule has 1 aromatic carbocycles. The van der Waals surface area contributed by atoms with E-state index in [1.54, 1.807) is 35.3 Å². The fourth-order valence-electron chi connectivity index (χ4n) is 3.41. The van der Waals surface area contributed by atoms with E-state index in [9.17, 15) is 9.59 Å². The molecule has 0 unspecified atom stereocenters. The van der Waals surface area contributed by atoms with Crippen LogP contribution in [0.15, 0.2) is 49.1 Å². The first-order valence-electron chi connectivity index (χ1n) is 10.1. The summed E-state index contributed by atoms with van der Waals surface area (Å²) in [6, 6.07) is 10.7. The zero-order valence-corrected chi connectivity index (χ0v) is 17.4. The average molecular weight is 425 g/mol. The van der Waals surface area contributed by atoms with E-state index in [2.05, 4.69) is 25.6 Å². The van der Waals surface area contributed by atoms with Gasteiger partial charge in [-0.15, -0.1) is 11.3 Å². The van der Waals surface area contributed by atoms with Crippen molar-refractivity contribution in [2.75, 3.05) is 31.5 Å². The molecular formula is C21H24N6O2S. The SMILES string of the molecule is O=C(NCCN1CCCCC1)c1ccc(C(=O)Nc2ccc(-n3cncn3)cc2)s1. The topological polar surface area (TPSA) is 92.2 Å². The van der Waals surface area contributed by atoms with Crippen molar-refractivity contribution >= 4 is 28.8 Å². The maximum Gasteiger partial charge on any atom is 0.265 e. The highest BCUT2D eigenvalue weighted by atomic mass is 32.1. The maximum absolute atomic E-state index is 12.5. The van der Waals surface area contributed by atoms with Gasteiger partial charge in [-0.05, 0) is 62.3 Å². The van der Waals surface area contributed by atoms with Crippen LogP contribution in [0.1, 0.15) is 38.6 Å². The quantitative estimate of drug-likeness (QED) is 0.609. The minimum absolute atomic E-state index is 0.131. The molecule has 0 spiro atoms. The fraction of sp³-hybridized carbons (Fsp3) is 0.333. The summed E-state index contributed by atoms with van der Waals surface area (Å²) in [5, 5.41) is 9.88. The Labute approximate surface area is 178 Å². The van der Waals surface area contributed by atoms with Gasteiger partial charge in [0.15, 0.2) is 0 Å². The molecule has 2 aromatic heterocycles. The Hall–Kier alpha value is -3.04. The number of amides is 2. The lowest BCUT2D eigenvalue weighted by Gasteiger charge is -2.26. The summed E-state index contributed by atoms with van der Waals surface area (Å²) in [5.41, 5.74) is 1.52. The molecule has 1 aliphatic heterocycles. The van der Waals surface area contributed by atoms with E-state index in [4.69, 9.17) is 0 Å². The Morgan fingerprint density at radius 3 is 2.40 bits per heavy atom. The number of hydrogen-bond donors (Lipinski definition) is 2. The van der Waals surface area contributed by atoms with E-state index < -0.39 is 0 Å². The Balaban J connectivity index is 1.28. The van der Waals surface area contributed by atoms with Crippen LogP contribution >= 0.6 is 11.3 Å². The van der Waals surface area contributed by atoms with Crippen molar-refractivity contribution in [2.45, 2.75) is 19.3 Å². The van der Waals surface area contributed by atoms with Crippen LogP contribution in [0.25, 0.3) is 5.69 Å². The van der Waals surface area contributed by atoms with Crippen LogP contribution in [0.2, 0.25) is 0 Å². The molecular weight excluding hydrogens is 400 g/mol. The van der Waals surface area contributed by atoms with Crippen LogP contribution in [-0.4, -0.2) is 57.7 Å². The largest absolute Gasteiger partial charge is 0.350 e. The smallest absolute Gasteiger partial charge is 0.265 e. The van der Waals surface area contributed by atoms with Gasteiger partial charge in [-0.25, -0.2) is 9.67 Å². The van der Waals surface area contributed by atoms with E-state index in [-0.39, 0.29) is 11.8 Å². The molecule has 9 heteroatoms. The Morgan fingerprint density at radius 1 is 0.967 bits per heavy atom. The molecule has 4 rings (SSSR count). The standard InChI is InChI=1S/C21H24N6O2S/c28-20(23-10-13-26-11-2-1-3-12-26)18-8-9-19(30-18)21(29)25-16-4-6-17(7-5-16)27-15-22-14-24-27/h4-9,14-15H,1-3,10-13H2,(H,23,28)(H,25,29). The predicted octanol–water partition coefficient (Wildman–Crippen LogP) is 2.80. The van der Waals surface area contributed by atoms with Crippen molar-refractivity contribution in [3.8, 4) is 5.69 Å². The van der Waals surface area contributed by atoms with Gasteiger partial charge in [-0.1, -0.05) is 6.42 Å². The predicted molar refractivity (Wildman–Crippen MR) is 116 cm³/mol. The number of nitrogens with one attached hydrogen (secondary N) is 2. The number of nitrogens with zero attached hydrogens (tertiary/aromatic N) is 4. The van der Waals surface area contributed by atoms with Gasteiger partial charge in [0.05, 0.1) is 15.4 Å². The molecule has 0 aliphatic carbocycles. The second kappa shape index (κ2) is 9.64. The average Bonchev–Trinajstić information content (AvgIpc) is 3.48. The molecule has 156 valence electrons. The first kappa shape index (κ1) is 20.2. The number of likely N-dealkylation sites (tertiary alicyclic amines) is 1. The van der Waals surface area contributed by atoms with Crippen LogP contribution in [0.3, 0.4) is 0 Å². The molecule has 0 radical (unpaired) electrons. The lowest BCUT2D eigenvalue weighted by Crippen LogP contribution is -2.37. The van der Waals surface area contributed by atoms with E-state index in [1.165, 1.54) is 36.9 Å². The highest BCUT2D eigenvalue weighted by Crippen LogP contribution is 2.19. The number of thiophene rings is 1. The number of carbonyl (C=O) groups excluding carboxylic acids is 2. The van der Waals surface area contributed by atoms with Crippen LogP contribution in [0.5, 0.6) is 0 Å². The van der Waals surface area contributed by atoms with Crippen LogP contribution in [0, 0.1) is 0 Å². The zero-order valence-electron chi connectivity index (χ0n) is 16.6. The molecule has 0 saturated carbocycles. The second-order valence-corrected chi connectivity index (χ2v) is 8.25. The molecule has 3 aromatic rings. The number of aromatic nitrogens is 3. The summed E-state index contributed by atoms with van der Waals surface area (Å²) < 4.78 is 1.64. The molecule has 2 N–H and O–H groups in total. The second-order valence-electron chi connectivity index (χ2n) is 7.16. The molecule has 1 saturated heterocycles. The molecule has 2 amide bonds. The molecule has 3 heterocycles. The molecule has 1 aliphatic rings. The lowest BCUT2D eigenvalue weighted by atomic mass is 10.1. The van der Waals surface area contributed by atoms with E-state index in [0.717, 1.165) is 25.3 Å². The van der Waals surface area contributed by atoms with Gasteiger partial charge in [-0.2, -0.15) is 5.10 Å². The van der Waals surface area contributed by atoms with Gasteiger partial charge in [0.1, 0.15) is 12.7 Å². The summed E-state index contributed by atoms with van der Waals surface area (Å²) in [4.78, 5) is 32.2. The van der Waals surface area contributed by atoms with Gasteiger partial charge in [0.2, 0.25) is 0 Å². The molecule has 8 nitrogen and oxygen atoms in total. The van der Waals surface area contributed by atoms with Crippen LogP contribution in [0.4, 0.5) is 5.69 Å².